The van der Waals surface area contributed by atoms with Crippen molar-refractivity contribution < 1.29 is 4.79 Å². The fourth-order valence-electron chi connectivity index (χ4n) is 2.01. The first-order chi connectivity index (χ1) is 7.22. The van der Waals surface area contributed by atoms with Crippen LogP contribution in [0.5, 0.6) is 0 Å². The second kappa shape index (κ2) is 11.1. The Labute approximate surface area is 117 Å². The van der Waals surface area contributed by atoms with Gasteiger partial charge < -0.3 is 16.0 Å². The van der Waals surface area contributed by atoms with Gasteiger partial charge in [0.05, 0.1) is 6.54 Å². The molecular weight excluding hydrogens is 261 g/mol. The summed E-state index contributed by atoms with van der Waals surface area (Å²) in [6.07, 6.45) is 4.01. The number of nitrogens with two attached hydrogens (primary N) is 1. The van der Waals surface area contributed by atoms with Crippen LogP contribution in [0.4, 0.5) is 0 Å². The van der Waals surface area contributed by atoms with Crippen LogP contribution in [0.2, 0.25) is 0 Å². The lowest BCUT2D eigenvalue weighted by atomic mass is 10.1. The summed E-state index contributed by atoms with van der Waals surface area (Å²) >= 11 is 0. The summed E-state index contributed by atoms with van der Waals surface area (Å²) in [6, 6.07) is 0. The fourth-order valence-corrected chi connectivity index (χ4v) is 2.01. The number of rotatable bonds is 5. The van der Waals surface area contributed by atoms with Crippen molar-refractivity contribution in [3.63, 3.8) is 0 Å². The Bertz CT molecular complexity index is 199. The summed E-state index contributed by atoms with van der Waals surface area (Å²) in [7, 11) is 0. The smallest absolute Gasteiger partial charge is 0.233 e. The zero-order valence-electron chi connectivity index (χ0n) is 10.5. The van der Waals surface area contributed by atoms with Crippen molar-refractivity contribution >= 4 is 30.7 Å². The van der Waals surface area contributed by atoms with E-state index in [1.807, 2.05) is 0 Å². The minimum absolute atomic E-state index is 0. The van der Waals surface area contributed by atoms with Gasteiger partial charge in [0.25, 0.3) is 0 Å². The van der Waals surface area contributed by atoms with Crippen molar-refractivity contribution in [2.75, 3.05) is 32.7 Å². The number of halogens is 2. The number of carbonyl (C=O) groups excluding carboxylic acids is 1. The quantitative estimate of drug-likeness (QED) is 0.793. The van der Waals surface area contributed by atoms with E-state index in [0.29, 0.717) is 5.92 Å². The van der Waals surface area contributed by atoms with Gasteiger partial charge in [-0.3, -0.25) is 4.79 Å². The molecule has 0 aromatic rings. The first-order valence-electron chi connectivity index (χ1n) is 5.91. The van der Waals surface area contributed by atoms with Crippen LogP contribution in [0.15, 0.2) is 0 Å². The van der Waals surface area contributed by atoms with Crippen LogP contribution < -0.4 is 11.1 Å². The molecular formula is C11H25Cl2N3O. The third-order valence-electron chi connectivity index (χ3n) is 2.85. The first-order valence-corrected chi connectivity index (χ1v) is 5.91. The highest BCUT2D eigenvalue weighted by atomic mass is 35.5. The predicted molar refractivity (Wildman–Crippen MR) is 76.0 cm³/mol. The van der Waals surface area contributed by atoms with Gasteiger partial charge in [0.15, 0.2) is 0 Å². The number of carbonyl (C=O) groups is 1. The van der Waals surface area contributed by atoms with Gasteiger partial charge in [-0.15, -0.1) is 24.8 Å². The molecule has 0 saturated carbocycles. The van der Waals surface area contributed by atoms with E-state index in [1.54, 1.807) is 0 Å². The molecule has 1 atom stereocenters. The van der Waals surface area contributed by atoms with E-state index in [4.69, 9.17) is 5.73 Å². The van der Waals surface area contributed by atoms with Gasteiger partial charge in [0, 0.05) is 13.1 Å². The molecule has 1 heterocycles. The lowest BCUT2D eigenvalue weighted by Crippen LogP contribution is -2.39. The highest BCUT2D eigenvalue weighted by molar-refractivity contribution is 5.85. The Balaban J connectivity index is 0. The topological polar surface area (TPSA) is 58.4 Å². The number of amides is 1. The lowest BCUT2D eigenvalue weighted by molar-refractivity contribution is -0.119. The van der Waals surface area contributed by atoms with E-state index in [9.17, 15) is 4.79 Å². The average molecular weight is 286 g/mol. The van der Waals surface area contributed by atoms with E-state index < -0.39 is 0 Å². The Morgan fingerprint density at radius 1 is 1.29 bits per heavy atom. The lowest BCUT2D eigenvalue weighted by Gasteiger charge is -2.29. The monoisotopic (exact) mass is 285 g/mol. The van der Waals surface area contributed by atoms with Gasteiger partial charge in [-0.05, 0) is 31.8 Å². The molecule has 6 heteroatoms. The second-order valence-corrected chi connectivity index (χ2v) is 4.47. The maximum atomic E-state index is 11.0. The van der Waals surface area contributed by atoms with Crippen molar-refractivity contribution in [2.45, 2.75) is 26.2 Å². The Hall–Kier alpha value is -0.0300. The molecule has 1 rings (SSSR count). The summed E-state index contributed by atoms with van der Waals surface area (Å²) in [6.45, 7) is 6.53. The van der Waals surface area contributed by atoms with E-state index in [-0.39, 0.29) is 37.3 Å². The number of nitrogens with one attached hydrogen (secondary N) is 1. The van der Waals surface area contributed by atoms with Gasteiger partial charge in [-0.25, -0.2) is 0 Å². The Morgan fingerprint density at radius 2 is 1.88 bits per heavy atom. The summed E-state index contributed by atoms with van der Waals surface area (Å²) in [5.74, 6) is 0.457. The minimum atomic E-state index is -0.0551. The zero-order valence-corrected chi connectivity index (χ0v) is 12.1. The molecule has 1 unspecified atom stereocenters. The van der Waals surface area contributed by atoms with Crippen LogP contribution in [-0.2, 0) is 4.79 Å². The minimum Gasteiger partial charge on any atom is -0.355 e. The highest BCUT2D eigenvalue weighted by Gasteiger charge is 2.13. The number of piperidine rings is 1. The summed E-state index contributed by atoms with van der Waals surface area (Å²) in [5, 5.41) is 2.83. The van der Waals surface area contributed by atoms with Gasteiger partial charge >= 0.3 is 0 Å². The number of nitrogens with zero attached hydrogens (tertiary/aromatic N) is 1. The van der Waals surface area contributed by atoms with Crippen LogP contribution >= 0.6 is 24.8 Å². The van der Waals surface area contributed by atoms with Crippen LogP contribution in [0, 0.1) is 5.92 Å². The van der Waals surface area contributed by atoms with Crippen LogP contribution in [0.1, 0.15) is 26.2 Å². The molecule has 0 aliphatic carbocycles. The predicted octanol–water partition coefficient (Wildman–Crippen LogP) is 1.03. The first kappa shape index (κ1) is 19.3. The van der Waals surface area contributed by atoms with Gasteiger partial charge in [-0.2, -0.15) is 0 Å². The molecule has 104 valence electrons. The maximum absolute atomic E-state index is 11.0. The maximum Gasteiger partial charge on any atom is 0.233 e. The summed E-state index contributed by atoms with van der Waals surface area (Å²) < 4.78 is 0. The van der Waals surface area contributed by atoms with E-state index in [0.717, 1.165) is 13.1 Å². The van der Waals surface area contributed by atoms with E-state index in [2.05, 4.69) is 17.1 Å². The summed E-state index contributed by atoms with van der Waals surface area (Å²) in [5.41, 5.74) is 5.22. The van der Waals surface area contributed by atoms with Crippen molar-refractivity contribution in [3.8, 4) is 0 Å². The molecule has 1 fully saturated rings. The SMILES string of the molecule is CC(CNC(=O)CN)CN1CCCCC1.Cl.Cl. The van der Waals surface area contributed by atoms with Crippen LogP contribution in [0.25, 0.3) is 0 Å². The normalized spacial score (nSPS) is 17.5. The number of hydrogen-bond donors (Lipinski definition) is 2. The standard InChI is InChI=1S/C11H23N3O.2ClH/c1-10(8-13-11(15)7-12)9-14-5-3-2-4-6-14;;/h10H,2-9,12H2,1H3,(H,13,15);2*1H. The molecule has 0 radical (unpaired) electrons. The zero-order chi connectivity index (χ0) is 11.1. The Morgan fingerprint density at radius 3 is 2.41 bits per heavy atom. The van der Waals surface area contributed by atoms with Crippen molar-refractivity contribution in [2.24, 2.45) is 11.7 Å². The molecule has 4 nitrogen and oxygen atoms in total. The van der Waals surface area contributed by atoms with Crippen molar-refractivity contribution in [3.05, 3.63) is 0 Å². The van der Waals surface area contributed by atoms with E-state index in [1.165, 1.54) is 32.4 Å². The van der Waals surface area contributed by atoms with Gasteiger partial charge in [0.2, 0.25) is 5.91 Å². The van der Waals surface area contributed by atoms with Crippen LogP contribution in [-0.4, -0.2) is 43.5 Å². The molecule has 3 N–H and O–H groups in total. The molecule has 0 spiro atoms. The molecule has 1 amide bonds. The largest absolute Gasteiger partial charge is 0.355 e. The number of hydrogen-bond acceptors (Lipinski definition) is 3. The second-order valence-electron chi connectivity index (χ2n) is 4.47. The molecule has 1 aliphatic heterocycles. The fraction of sp³-hybridized carbons (Fsp3) is 0.909. The van der Waals surface area contributed by atoms with Crippen molar-refractivity contribution in [1.82, 2.24) is 10.2 Å². The van der Waals surface area contributed by atoms with Gasteiger partial charge in [-0.1, -0.05) is 13.3 Å². The molecule has 1 aliphatic rings. The third kappa shape index (κ3) is 8.66. The Kier molecular flexibility index (Phi) is 12.6. The summed E-state index contributed by atoms with van der Waals surface area (Å²) in [4.78, 5) is 13.4. The van der Waals surface area contributed by atoms with E-state index >= 15 is 0 Å². The molecule has 0 bridgehead atoms. The molecule has 17 heavy (non-hydrogen) atoms. The van der Waals surface area contributed by atoms with Gasteiger partial charge in [0.1, 0.15) is 0 Å². The molecule has 1 saturated heterocycles. The average Bonchev–Trinajstić information content (AvgIpc) is 2.27. The number of likely N-dealkylation sites (tertiary alicyclic amines) is 1. The highest BCUT2D eigenvalue weighted by Crippen LogP contribution is 2.10. The molecule has 0 aromatic carbocycles. The van der Waals surface area contributed by atoms with Crippen LogP contribution in [0.3, 0.4) is 0 Å². The van der Waals surface area contributed by atoms with Crippen molar-refractivity contribution in [1.29, 1.82) is 0 Å². The third-order valence-corrected chi connectivity index (χ3v) is 2.85. The molecule has 0 aromatic heterocycles.